The van der Waals surface area contributed by atoms with Crippen molar-refractivity contribution in [2.45, 2.75) is 48.0 Å². The monoisotopic (exact) mass is 269 g/mol. The van der Waals surface area contributed by atoms with Crippen LogP contribution < -0.4 is 0 Å². The lowest BCUT2D eigenvalue weighted by atomic mass is 9.68. The molecule has 0 aromatic carbocycles. The molecule has 2 rings (SSSR count). The lowest BCUT2D eigenvalue weighted by Crippen LogP contribution is -2.28. The lowest BCUT2D eigenvalue weighted by Gasteiger charge is -2.36. The van der Waals surface area contributed by atoms with E-state index < -0.39 is 0 Å². The Bertz CT molecular complexity index is 537. The van der Waals surface area contributed by atoms with E-state index in [0.717, 1.165) is 6.42 Å². The summed E-state index contributed by atoms with van der Waals surface area (Å²) in [6.45, 7) is 13.6. The first-order chi connectivity index (χ1) is 9.19. The van der Waals surface area contributed by atoms with Gasteiger partial charge in [0.05, 0.1) is 0 Å². The summed E-state index contributed by atoms with van der Waals surface area (Å²) in [5.41, 5.74) is 2.81. The Labute approximate surface area is 123 Å². The molecule has 0 bridgehead atoms. The van der Waals surface area contributed by atoms with Gasteiger partial charge in [-0.25, -0.2) is 0 Å². The first kappa shape index (κ1) is 15.0. The van der Waals surface area contributed by atoms with E-state index in [1.54, 1.807) is 0 Å². The Morgan fingerprint density at radius 1 is 1.05 bits per heavy atom. The summed E-state index contributed by atoms with van der Waals surface area (Å²) in [6.07, 6.45) is 16.6. The van der Waals surface area contributed by atoms with Crippen molar-refractivity contribution < 1.29 is 0 Å². The zero-order valence-corrected chi connectivity index (χ0v) is 13.7. The number of allylic oxidation sites excluding steroid dienone is 7. The minimum atomic E-state index is 0.0498. The van der Waals surface area contributed by atoms with Gasteiger partial charge in [-0.05, 0) is 23.0 Å². The molecule has 0 radical (unpaired) electrons. The Morgan fingerprint density at radius 3 is 2.20 bits per heavy atom. The maximum Gasteiger partial charge on any atom is 0.0342 e. The normalized spacial score (nSPS) is 33.1. The molecule has 0 saturated heterocycles. The van der Waals surface area contributed by atoms with Crippen LogP contribution in [0.2, 0.25) is 0 Å². The van der Waals surface area contributed by atoms with Gasteiger partial charge in [0.25, 0.3) is 0 Å². The van der Waals surface area contributed by atoms with Crippen molar-refractivity contribution in [3.05, 3.63) is 47.7 Å². The van der Waals surface area contributed by atoms with Crippen LogP contribution in [0.25, 0.3) is 0 Å². The van der Waals surface area contributed by atoms with Gasteiger partial charge in [-0.3, -0.25) is 4.99 Å². The maximum atomic E-state index is 4.51. The highest BCUT2D eigenvalue weighted by atomic mass is 14.7. The molecule has 1 aliphatic carbocycles. The summed E-state index contributed by atoms with van der Waals surface area (Å²) < 4.78 is 0. The maximum absolute atomic E-state index is 4.51. The average molecular weight is 269 g/mol. The van der Waals surface area contributed by atoms with E-state index in [1.807, 2.05) is 6.20 Å². The second-order valence-corrected chi connectivity index (χ2v) is 7.52. The van der Waals surface area contributed by atoms with Gasteiger partial charge < -0.3 is 0 Å². The van der Waals surface area contributed by atoms with Gasteiger partial charge in [-0.15, -0.1) is 0 Å². The summed E-state index contributed by atoms with van der Waals surface area (Å²) >= 11 is 0. The van der Waals surface area contributed by atoms with E-state index >= 15 is 0 Å². The highest BCUT2D eigenvalue weighted by Crippen LogP contribution is 2.44. The van der Waals surface area contributed by atoms with Crippen LogP contribution >= 0.6 is 0 Å². The molecule has 20 heavy (non-hydrogen) atoms. The first-order valence-electron chi connectivity index (χ1n) is 7.55. The number of aliphatic imine (C=N–C) groups is 1. The third-order valence-electron chi connectivity index (χ3n) is 5.00. The predicted molar refractivity (Wildman–Crippen MR) is 88.9 cm³/mol. The largest absolute Gasteiger partial charge is 0.268 e. The number of hydrogen-bond acceptors (Lipinski definition) is 1. The van der Waals surface area contributed by atoms with Crippen molar-refractivity contribution in [2.24, 2.45) is 21.2 Å². The molecule has 1 nitrogen and oxygen atoms in total. The van der Waals surface area contributed by atoms with Gasteiger partial charge in [0.2, 0.25) is 0 Å². The fraction of sp³-hybridized carbons (Fsp3) is 0.526. The fourth-order valence-electron chi connectivity index (χ4n) is 2.40. The zero-order valence-electron chi connectivity index (χ0n) is 13.7. The molecule has 1 aliphatic heterocycles. The van der Waals surface area contributed by atoms with Gasteiger partial charge in [0.1, 0.15) is 0 Å². The molecular weight excluding hydrogens is 242 g/mol. The second kappa shape index (κ2) is 4.87. The van der Waals surface area contributed by atoms with E-state index in [2.05, 4.69) is 83.1 Å². The Morgan fingerprint density at radius 2 is 1.65 bits per heavy atom. The smallest absolute Gasteiger partial charge is 0.0342 e. The van der Waals surface area contributed by atoms with Crippen molar-refractivity contribution in [3.8, 4) is 0 Å². The Kier molecular flexibility index (Phi) is 3.66. The van der Waals surface area contributed by atoms with Gasteiger partial charge in [0, 0.05) is 23.2 Å². The first-order valence-corrected chi connectivity index (χ1v) is 7.55. The molecule has 1 heterocycles. The van der Waals surface area contributed by atoms with Crippen LogP contribution in [0.5, 0.6) is 0 Å². The van der Waals surface area contributed by atoms with Crippen LogP contribution in [0.15, 0.2) is 52.7 Å². The average Bonchev–Trinajstić information content (AvgIpc) is 2.61. The van der Waals surface area contributed by atoms with Crippen molar-refractivity contribution in [1.29, 1.82) is 0 Å². The highest BCUT2D eigenvalue weighted by molar-refractivity contribution is 5.72. The van der Waals surface area contributed by atoms with E-state index in [-0.39, 0.29) is 16.2 Å². The fourth-order valence-corrected chi connectivity index (χ4v) is 2.40. The highest BCUT2D eigenvalue weighted by Gasteiger charge is 2.34. The molecule has 0 N–H and O–H groups in total. The van der Waals surface area contributed by atoms with E-state index in [1.165, 1.54) is 11.1 Å². The third kappa shape index (κ3) is 2.72. The summed E-state index contributed by atoms with van der Waals surface area (Å²) in [5.74, 6) is 0. The third-order valence-corrected chi connectivity index (χ3v) is 5.00. The number of fused-ring (bicyclic) bond motifs is 1. The van der Waals surface area contributed by atoms with E-state index in [4.69, 9.17) is 0 Å². The van der Waals surface area contributed by atoms with Crippen LogP contribution in [0.4, 0.5) is 0 Å². The molecule has 2 aliphatic rings. The Balaban J connectivity index is 2.50. The van der Waals surface area contributed by atoms with Crippen molar-refractivity contribution >= 4 is 6.21 Å². The molecule has 108 valence electrons. The van der Waals surface area contributed by atoms with E-state index in [0.29, 0.717) is 0 Å². The van der Waals surface area contributed by atoms with Gasteiger partial charge in [-0.2, -0.15) is 0 Å². The predicted octanol–water partition coefficient (Wildman–Crippen LogP) is 5.48. The van der Waals surface area contributed by atoms with Gasteiger partial charge in [-0.1, -0.05) is 71.9 Å². The van der Waals surface area contributed by atoms with E-state index in [9.17, 15) is 0 Å². The molecule has 0 amide bonds. The minimum Gasteiger partial charge on any atom is -0.268 e. The van der Waals surface area contributed by atoms with Crippen molar-refractivity contribution in [1.82, 2.24) is 0 Å². The summed E-state index contributed by atoms with van der Waals surface area (Å²) in [5, 5.41) is 0. The molecule has 0 aromatic rings. The topological polar surface area (TPSA) is 12.4 Å². The van der Waals surface area contributed by atoms with Crippen LogP contribution in [0, 0.1) is 16.2 Å². The van der Waals surface area contributed by atoms with Crippen molar-refractivity contribution in [2.75, 3.05) is 0 Å². The SMILES string of the molecule is CCC1(C)C=NC=C2C=CC(C)(C(C)(C)C)C=CC2=C1. The molecular formula is C19H27N. The number of rotatable bonds is 1. The lowest BCUT2D eigenvalue weighted by molar-refractivity contribution is 0.228. The number of nitrogens with zero attached hydrogens (tertiary/aromatic N) is 1. The molecule has 2 unspecified atom stereocenters. The van der Waals surface area contributed by atoms with Crippen LogP contribution in [-0.4, -0.2) is 6.21 Å². The second-order valence-electron chi connectivity index (χ2n) is 7.52. The molecule has 2 atom stereocenters. The Hall–Kier alpha value is -1.37. The van der Waals surface area contributed by atoms with Crippen LogP contribution in [0.3, 0.4) is 0 Å². The quantitative estimate of drug-likeness (QED) is 0.598. The van der Waals surface area contributed by atoms with Crippen LogP contribution in [-0.2, 0) is 0 Å². The molecule has 1 heteroatoms. The molecule has 0 aromatic heterocycles. The standard InChI is InChI=1S/C19H27N/c1-7-18(5)12-15-8-10-19(6,17(2,3)4)11-9-16(15)13-20-14-18/h8-14H,7H2,1-6H3. The summed E-state index contributed by atoms with van der Waals surface area (Å²) in [7, 11) is 0. The summed E-state index contributed by atoms with van der Waals surface area (Å²) in [6, 6.07) is 0. The molecule has 0 fully saturated rings. The van der Waals surface area contributed by atoms with Crippen LogP contribution in [0.1, 0.15) is 48.0 Å². The van der Waals surface area contributed by atoms with Gasteiger partial charge >= 0.3 is 0 Å². The molecule has 0 saturated carbocycles. The summed E-state index contributed by atoms with van der Waals surface area (Å²) in [4.78, 5) is 4.51. The molecule has 0 spiro atoms. The minimum absolute atomic E-state index is 0.0498. The zero-order chi connectivity index (χ0) is 15.0. The van der Waals surface area contributed by atoms with Crippen molar-refractivity contribution in [3.63, 3.8) is 0 Å². The van der Waals surface area contributed by atoms with Gasteiger partial charge in [0.15, 0.2) is 0 Å². The number of hydrogen-bond donors (Lipinski definition) is 0.